The Morgan fingerprint density at radius 1 is 1.58 bits per heavy atom. The molecule has 1 aromatic rings. The number of hydrogen-bond acceptors (Lipinski definition) is 1. The van der Waals surface area contributed by atoms with Gasteiger partial charge in [0.05, 0.1) is 0 Å². The van der Waals surface area contributed by atoms with Gasteiger partial charge in [0.2, 0.25) is 0 Å². The Balaban J connectivity index is 2.52. The van der Waals surface area contributed by atoms with E-state index >= 15 is 0 Å². The number of aromatic nitrogens is 2. The normalized spacial score (nSPS) is 11.0. The van der Waals surface area contributed by atoms with E-state index in [0.717, 1.165) is 18.7 Å². The smallest absolute Gasteiger partial charge is 0.107 e. The van der Waals surface area contributed by atoms with Crippen molar-refractivity contribution in [3.63, 3.8) is 0 Å². The zero-order chi connectivity index (χ0) is 8.97. The van der Waals surface area contributed by atoms with Crippen LogP contribution in [-0.4, -0.2) is 15.8 Å². The zero-order valence-corrected chi connectivity index (χ0v) is 8.36. The highest BCUT2D eigenvalue weighted by Gasteiger charge is 2.01. The molecule has 0 aromatic carbocycles. The minimum Gasteiger partial charge on any atom is -0.346 e. The Morgan fingerprint density at radius 2 is 2.33 bits per heavy atom. The van der Waals surface area contributed by atoms with Crippen LogP contribution in [0.3, 0.4) is 0 Å². The average Bonchev–Trinajstić information content (AvgIpc) is 2.36. The van der Waals surface area contributed by atoms with Crippen LogP contribution >= 0.6 is 11.6 Å². The van der Waals surface area contributed by atoms with Crippen molar-refractivity contribution in [1.29, 1.82) is 0 Å². The summed E-state index contributed by atoms with van der Waals surface area (Å²) >= 11 is 5.59. The van der Waals surface area contributed by atoms with E-state index in [1.54, 1.807) is 0 Å². The molecule has 1 aromatic heterocycles. The van der Waals surface area contributed by atoms with E-state index in [-0.39, 0.29) is 0 Å². The van der Waals surface area contributed by atoms with Gasteiger partial charge in [-0.1, -0.05) is 13.8 Å². The van der Waals surface area contributed by atoms with E-state index in [2.05, 4.69) is 23.8 Å². The number of nitrogens with zero attached hydrogens (tertiary/aromatic N) is 1. The van der Waals surface area contributed by atoms with E-state index < -0.39 is 0 Å². The third kappa shape index (κ3) is 2.86. The van der Waals surface area contributed by atoms with Gasteiger partial charge < -0.3 is 4.98 Å². The van der Waals surface area contributed by atoms with Crippen LogP contribution in [0.1, 0.15) is 25.4 Å². The third-order valence-electron chi connectivity index (χ3n) is 1.64. The lowest BCUT2D eigenvalue weighted by Gasteiger charge is -1.99. The molecule has 0 aliphatic carbocycles. The van der Waals surface area contributed by atoms with Crippen molar-refractivity contribution in [2.24, 2.45) is 5.92 Å². The van der Waals surface area contributed by atoms with E-state index in [1.165, 1.54) is 5.69 Å². The fourth-order valence-corrected chi connectivity index (χ4v) is 1.34. The monoisotopic (exact) mass is 186 g/mol. The molecule has 2 nitrogen and oxygen atoms in total. The number of rotatable bonds is 4. The summed E-state index contributed by atoms with van der Waals surface area (Å²) in [5, 5.41) is 0. The van der Waals surface area contributed by atoms with Crippen molar-refractivity contribution >= 4 is 11.6 Å². The van der Waals surface area contributed by atoms with Crippen molar-refractivity contribution in [3.05, 3.63) is 17.7 Å². The maximum atomic E-state index is 5.59. The van der Waals surface area contributed by atoms with Crippen molar-refractivity contribution < 1.29 is 0 Å². The Hall–Kier alpha value is -0.500. The first-order chi connectivity index (χ1) is 5.72. The topological polar surface area (TPSA) is 28.7 Å². The molecule has 0 fully saturated rings. The molecule has 68 valence electrons. The lowest BCUT2D eigenvalue weighted by Crippen LogP contribution is -1.95. The molecule has 0 aliphatic rings. The summed E-state index contributed by atoms with van der Waals surface area (Å²) in [7, 11) is 0. The molecule has 0 radical (unpaired) electrons. The van der Waals surface area contributed by atoms with E-state index in [9.17, 15) is 0 Å². The highest BCUT2D eigenvalue weighted by atomic mass is 35.5. The van der Waals surface area contributed by atoms with Gasteiger partial charge in [0.25, 0.3) is 0 Å². The maximum Gasteiger partial charge on any atom is 0.107 e. The quantitative estimate of drug-likeness (QED) is 0.719. The van der Waals surface area contributed by atoms with Gasteiger partial charge in [-0.25, -0.2) is 4.98 Å². The molecule has 0 aliphatic heterocycles. The molecule has 0 spiro atoms. The predicted molar refractivity (Wildman–Crippen MR) is 51.6 cm³/mol. The van der Waals surface area contributed by atoms with Crippen LogP contribution in [0.2, 0.25) is 0 Å². The number of aromatic amines is 1. The van der Waals surface area contributed by atoms with Crippen LogP contribution in [0.25, 0.3) is 0 Å². The van der Waals surface area contributed by atoms with Gasteiger partial charge in [-0.2, -0.15) is 0 Å². The number of halogens is 1. The molecule has 12 heavy (non-hydrogen) atoms. The second kappa shape index (κ2) is 4.51. The van der Waals surface area contributed by atoms with E-state index in [4.69, 9.17) is 11.6 Å². The Bertz CT molecular complexity index is 230. The van der Waals surface area contributed by atoms with Gasteiger partial charge in [-0.05, 0) is 12.3 Å². The number of alkyl halides is 1. The molecular weight excluding hydrogens is 172 g/mol. The van der Waals surface area contributed by atoms with Crippen molar-refractivity contribution in [3.8, 4) is 0 Å². The highest BCUT2D eigenvalue weighted by Crippen LogP contribution is 2.05. The zero-order valence-electron chi connectivity index (χ0n) is 7.60. The van der Waals surface area contributed by atoms with Gasteiger partial charge in [0.15, 0.2) is 0 Å². The summed E-state index contributed by atoms with van der Waals surface area (Å²) < 4.78 is 0. The lowest BCUT2D eigenvalue weighted by atomic mass is 10.1. The van der Waals surface area contributed by atoms with Crippen molar-refractivity contribution in [1.82, 2.24) is 9.97 Å². The summed E-state index contributed by atoms with van der Waals surface area (Å²) in [5.41, 5.74) is 1.21. The molecule has 1 rings (SSSR count). The number of nitrogens with one attached hydrogen (secondary N) is 1. The average molecular weight is 187 g/mol. The molecule has 0 amide bonds. The van der Waals surface area contributed by atoms with Crippen molar-refractivity contribution in [2.45, 2.75) is 26.7 Å². The molecule has 1 N–H and O–H groups in total. The van der Waals surface area contributed by atoms with E-state index in [1.807, 2.05) is 6.20 Å². The summed E-state index contributed by atoms with van der Waals surface area (Å²) in [6.07, 6.45) is 3.80. The van der Waals surface area contributed by atoms with Crippen molar-refractivity contribution in [2.75, 3.05) is 5.88 Å². The van der Waals surface area contributed by atoms with Gasteiger partial charge >= 0.3 is 0 Å². The lowest BCUT2D eigenvalue weighted by molar-refractivity contribution is 0.636. The minimum absolute atomic E-state index is 0.634. The van der Waals surface area contributed by atoms with E-state index in [0.29, 0.717) is 11.8 Å². The first kappa shape index (κ1) is 9.59. The van der Waals surface area contributed by atoms with Gasteiger partial charge in [-0.3, -0.25) is 0 Å². The van der Waals surface area contributed by atoms with Crippen LogP contribution in [-0.2, 0) is 12.8 Å². The summed E-state index contributed by atoms with van der Waals surface area (Å²) in [6, 6.07) is 0. The molecule has 0 atom stereocenters. The summed E-state index contributed by atoms with van der Waals surface area (Å²) in [5.74, 6) is 2.31. The van der Waals surface area contributed by atoms with Crippen LogP contribution in [0.4, 0.5) is 0 Å². The molecule has 0 unspecified atom stereocenters. The number of hydrogen-bond donors (Lipinski definition) is 1. The summed E-state index contributed by atoms with van der Waals surface area (Å²) in [6.45, 7) is 4.39. The minimum atomic E-state index is 0.634. The SMILES string of the molecule is CC(C)Cc1cnc(CCCl)[nH]1. The van der Waals surface area contributed by atoms with Crippen LogP contribution in [0.15, 0.2) is 6.20 Å². The van der Waals surface area contributed by atoms with Gasteiger partial charge in [0, 0.05) is 24.2 Å². The standard InChI is InChI=1S/C9H15ClN2/c1-7(2)5-8-6-11-9(12-8)3-4-10/h6-7H,3-5H2,1-2H3,(H,11,12). The van der Waals surface area contributed by atoms with Gasteiger partial charge in [0.1, 0.15) is 5.82 Å². The summed E-state index contributed by atoms with van der Waals surface area (Å²) in [4.78, 5) is 7.47. The molecule has 0 saturated heterocycles. The molecule has 3 heteroatoms. The Labute approximate surface area is 78.4 Å². The maximum absolute atomic E-state index is 5.59. The second-order valence-electron chi connectivity index (χ2n) is 3.39. The fraction of sp³-hybridized carbons (Fsp3) is 0.667. The first-order valence-electron chi connectivity index (χ1n) is 4.31. The Morgan fingerprint density at radius 3 is 2.92 bits per heavy atom. The third-order valence-corrected chi connectivity index (χ3v) is 1.83. The first-order valence-corrected chi connectivity index (χ1v) is 4.84. The van der Waals surface area contributed by atoms with Gasteiger partial charge in [-0.15, -0.1) is 11.6 Å². The van der Waals surface area contributed by atoms with Crippen LogP contribution < -0.4 is 0 Å². The second-order valence-corrected chi connectivity index (χ2v) is 3.77. The number of H-pyrrole nitrogens is 1. The fourth-order valence-electron chi connectivity index (χ4n) is 1.17. The number of aryl methyl sites for hydroxylation is 1. The molecule has 0 bridgehead atoms. The molecule has 0 saturated carbocycles. The Kier molecular flexibility index (Phi) is 3.60. The predicted octanol–water partition coefficient (Wildman–Crippen LogP) is 2.39. The highest BCUT2D eigenvalue weighted by molar-refractivity contribution is 6.17. The van der Waals surface area contributed by atoms with Crippen LogP contribution in [0, 0.1) is 5.92 Å². The number of imidazole rings is 1. The van der Waals surface area contributed by atoms with Crippen LogP contribution in [0.5, 0.6) is 0 Å². The molecular formula is C9H15ClN2. The largest absolute Gasteiger partial charge is 0.346 e. The molecule has 1 heterocycles.